The summed E-state index contributed by atoms with van der Waals surface area (Å²) in [6, 6.07) is 13.0. The lowest BCUT2D eigenvalue weighted by Crippen LogP contribution is -2.50. The number of alkyl halides is 3. The van der Waals surface area contributed by atoms with Gasteiger partial charge in [-0.2, -0.15) is 17.5 Å². The van der Waals surface area contributed by atoms with Crippen LogP contribution in [0.15, 0.2) is 65.6 Å². The standard InChI is InChI=1S/C21H21F3N2O4S/c1-30-17-7-9-18(10-8-17)31(28,29)26-13-11-25(12-14-26)20(27)15-19(21(22,23)24)16-5-3-2-4-6-16/h2-10,15H,11-14H2,1H3/b19-15-. The number of methoxy groups -OCH3 is 1. The van der Waals surface area contributed by atoms with Gasteiger partial charge in [-0.3, -0.25) is 4.79 Å². The molecule has 2 aromatic carbocycles. The zero-order valence-electron chi connectivity index (χ0n) is 16.7. The van der Waals surface area contributed by atoms with Crippen LogP contribution in [0.1, 0.15) is 5.56 Å². The molecule has 1 amide bonds. The normalized spacial score (nSPS) is 16.3. The molecule has 166 valence electrons. The van der Waals surface area contributed by atoms with Gasteiger partial charge < -0.3 is 9.64 Å². The van der Waals surface area contributed by atoms with E-state index in [0.29, 0.717) is 11.8 Å². The molecule has 2 aromatic rings. The highest BCUT2D eigenvalue weighted by Gasteiger charge is 2.36. The van der Waals surface area contributed by atoms with E-state index in [0.717, 1.165) is 0 Å². The molecule has 3 rings (SSSR count). The molecular formula is C21H21F3N2O4S. The average Bonchev–Trinajstić information content (AvgIpc) is 2.77. The molecule has 0 atom stereocenters. The van der Waals surface area contributed by atoms with Crippen molar-refractivity contribution in [3.63, 3.8) is 0 Å². The van der Waals surface area contributed by atoms with Crippen molar-refractivity contribution in [2.45, 2.75) is 11.1 Å². The first-order valence-electron chi connectivity index (χ1n) is 9.40. The largest absolute Gasteiger partial charge is 0.497 e. The Morgan fingerprint density at radius 2 is 1.55 bits per heavy atom. The molecule has 0 aliphatic carbocycles. The first kappa shape index (κ1) is 22.8. The predicted molar refractivity (Wildman–Crippen MR) is 109 cm³/mol. The first-order chi connectivity index (χ1) is 14.6. The van der Waals surface area contributed by atoms with E-state index in [1.807, 2.05) is 0 Å². The maximum absolute atomic E-state index is 13.5. The van der Waals surface area contributed by atoms with E-state index in [2.05, 4.69) is 0 Å². The van der Waals surface area contributed by atoms with Gasteiger partial charge in [0.2, 0.25) is 15.9 Å². The SMILES string of the molecule is COc1ccc(S(=O)(=O)N2CCN(C(=O)/C=C(/c3ccccc3)C(F)(F)F)CC2)cc1. The Labute approximate surface area is 178 Å². The lowest BCUT2D eigenvalue weighted by Gasteiger charge is -2.33. The number of piperazine rings is 1. The van der Waals surface area contributed by atoms with E-state index in [-0.39, 0.29) is 36.6 Å². The van der Waals surface area contributed by atoms with Crippen LogP contribution >= 0.6 is 0 Å². The van der Waals surface area contributed by atoms with Crippen molar-refractivity contribution in [3.8, 4) is 5.75 Å². The van der Waals surface area contributed by atoms with Crippen LogP contribution in [0.5, 0.6) is 5.75 Å². The number of ether oxygens (including phenoxy) is 1. The van der Waals surface area contributed by atoms with Crippen molar-refractivity contribution in [2.75, 3.05) is 33.3 Å². The minimum absolute atomic E-state index is 0.00928. The molecule has 1 fully saturated rings. The minimum Gasteiger partial charge on any atom is -0.497 e. The molecule has 0 N–H and O–H groups in total. The van der Waals surface area contributed by atoms with Crippen LogP contribution in [0.3, 0.4) is 0 Å². The maximum Gasteiger partial charge on any atom is 0.417 e. The Bertz CT molecular complexity index is 1040. The number of carbonyl (C=O) groups excluding carboxylic acids is 1. The van der Waals surface area contributed by atoms with Crippen LogP contribution in [-0.2, 0) is 14.8 Å². The zero-order valence-corrected chi connectivity index (χ0v) is 17.5. The Balaban J connectivity index is 1.72. The first-order valence-corrected chi connectivity index (χ1v) is 10.8. The summed E-state index contributed by atoms with van der Waals surface area (Å²) in [6.07, 6.45) is -4.13. The van der Waals surface area contributed by atoms with E-state index >= 15 is 0 Å². The van der Waals surface area contributed by atoms with E-state index < -0.39 is 27.7 Å². The summed E-state index contributed by atoms with van der Waals surface area (Å²) in [4.78, 5) is 13.8. The van der Waals surface area contributed by atoms with Crippen LogP contribution in [0.25, 0.3) is 5.57 Å². The average molecular weight is 454 g/mol. The van der Waals surface area contributed by atoms with Gasteiger partial charge in [0.05, 0.1) is 17.6 Å². The molecule has 6 nitrogen and oxygen atoms in total. The van der Waals surface area contributed by atoms with Gasteiger partial charge in [0.1, 0.15) is 5.75 Å². The van der Waals surface area contributed by atoms with Gasteiger partial charge in [0.15, 0.2) is 0 Å². The quantitative estimate of drug-likeness (QED) is 0.651. The summed E-state index contributed by atoms with van der Waals surface area (Å²) < 4.78 is 72.2. The monoisotopic (exact) mass is 454 g/mol. The molecular weight excluding hydrogens is 433 g/mol. The van der Waals surface area contributed by atoms with Crippen LogP contribution in [0.2, 0.25) is 0 Å². The van der Waals surface area contributed by atoms with Crippen molar-refractivity contribution in [1.29, 1.82) is 0 Å². The highest BCUT2D eigenvalue weighted by molar-refractivity contribution is 7.89. The van der Waals surface area contributed by atoms with Gasteiger partial charge in [-0.05, 0) is 29.8 Å². The van der Waals surface area contributed by atoms with Gasteiger partial charge in [-0.1, -0.05) is 30.3 Å². The van der Waals surface area contributed by atoms with E-state index in [1.165, 1.54) is 64.8 Å². The van der Waals surface area contributed by atoms with Crippen LogP contribution in [-0.4, -0.2) is 63.0 Å². The van der Waals surface area contributed by atoms with Gasteiger partial charge >= 0.3 is 6.18 Å². The predicted octanol–water partition coefficient (Wildman–Crippen LogP) is 3.17. The summed E-state index contributed by atoms with van der Waals surface area (Å²) in [5.41, 5.74) is -1.14. The topological polar surface area (TPSA) is 66.9 Å². The van der Waals surface area contributed by atoms with Gasteiger partial charge in [0, 0.05) is 32.3 Å². The second-order valence-corrected chi connectivity index (χ2v) is 8.76. The lowest BCUT2D eigenvalue weighted by molar-refractivity contribution is -0.127. The van der Waals surface area contributed by atoms with Crippen molar-refractivity contribution in [3.05, 3.63) is 66.2 Å². The molecule has 10 heteroatoms. The number of hydrogen-bond donors (Lipinski definition) is 0. The molecule has 0 bridgehead atoms. The van der Waals surface area contributed by atoms with Gasteiger partial charge in [-0.25, -0.2) is 8.42 Å². The van der Waals surface area contributed by atoms with Crippen molar-refractivity contribution in [2.24, 2.45) is 0 Å². The summed E-state index contributed by atoms with van der Waals surface area (Å²) in [7, 11) is -2.31. The van der Waals surface area contributed by atoms with E-state index in [4.69, 9.17) is 4.74 Å². The molecule has 0 unspecified atom stereocenters. The zero-order chi connectivity index (χ0) is 22.6. The Hall–Kier alpha value is -2.85. The van der Waals surface area contributed by atoms with E-state index in [9.17, 15) is 26.4 Å². The number of allylic oxidation sites excluding steroid dienone is 1. The fourth-order valence-electron chi connectivity index (χ4n) is 3.21. The minimum atomic E-state index is -4.70. The molecule has 1 aliphatic heterocycles. The molecule has 0 aromatic heterocycles. The molecule has 1 saturated heterocycles. The summed E-state index contributed by atoms with van der Waals surface area (Å²) >= 11 is 0. The third-order valence-corrected chi connectivity index (χ3v) is 6.82. The number of amides is 1. The summed E-state index contributed by atoms with van der Waals surface area (Å²) in [5.74, 6) is -0.294. The van der Waals surface area contributed by atoms with Crippen LogP contribution in [0.4, 0.5) is 13.2 Å². The van der Waals surface area contributed by atoms with Gasteiger partial charge in [0.25, 0.3) is 0 Å². The smallest absolute Gasteiger partial charge is 0.417 e. The number of halogens is 3. The number of rotatable bonds is 5. The number of carbonyl (C=O) groups is 1. The number of hydrogen-bond acceptors (Lipinski definition) is 4. The second kappa shape index (κ2) is 9.11. The Morgan fingerprint density at radius 3 is 2.06 bits per heavy atom. The third-order valence-electron chi connectivity index (χ3n) is 4.91. The molecule has 0 saturated carbocycles. The van der Waals surface area contributed by atoms with Crippen molar-refractivity contribution >= 4 is 21.5 Å². The number of sulfonamides is 1. The summed E-state index contributed by atoms with van der Waals surface area (Å²) in [5, 5.41) is 0. The van der Waals surface area contributed by atoms with Crippen LogP contribution in [0, 0.1) is 0 Å². The van der Waals surface area contributed by atoms with Crippen LogP contribution < -0.4 is 4.74 Å². The lowest BCUT2D eigenvalue weighted by atomic mass is 10.0. The van der Waals surface area contributed by atoms with Gasteiger partial charge in [-0.15, -0.1) is 0 Å². The second-order valence-electron chi connectivity index (χ2n) is 6.83. The molecule has 0 radical (unpaired) electrons. The highest BCUT2D eigenvalue weighted by Crippen LogP contribution is 2.34. The number of nitrogens with zero attached hydrogens (tertiary/aromatic N) is 2. The summed E-state index contributed by atoms with van der Waals surface area (Å²) in [6.45, 7) is -0.0451. The van der Waals surface area contributed by atoms with E-state index in [1.54, 1.807) is 6.07 Å². The molecule has 31 heavy (non-hydrogen) atoms. The number of benzene rings is 2. The fraction of sp³-hybridized carbons (Fsp3) is 0.286. The fourth-order valence-corrected chi connectivity index (χ4v) is 4.63. The Morgan fingerprint density at radius 1 is 0.968 bits per heavy atom. The van der Waals surface area contributed by atoms with Crippen molar-refractivity contribution in [1.82, 2.24) is 9.21 Å². The van der Waals surface area contributed by atoms with Crippen molar-refractivity contribution < 1.29 is 31.1 Å². The third kappa shape index (κ3) is 5.26. The maximum atomic E-state index is 13.5. The molecule has 1 aliphatic rings. The Kier molecular flexibility index (Phi) is 6.71. The molecule has 1 heterocycles. The highest BCUT2D eigenvalue weighted by atomic mass is 32.2. The molecule has 0 spiro atoms.